The molecule has 1 aliphatic carbocycles. The lowest BCUT2D eigenvalue weighted by Crippen LogP contribution is -2.16. The van der Waals surface area contributed by atoms with Crippen LogP contribution >= 0.6 is 27.5 Å². The van der Waals surface area contributed by atoms with Crippen LogP contribution in [0.5, 0.6) is 11.6 Å². The number of benzene rings is 1. The van der Waals surface area contributed by atoms with E-state index in [2.05, 4.69) is 26.2 Å². The molecule has 20 heavy (non-hydrogen) atoms. The number of ether oxygens (including phenoxy) is 1. The number of nitrogens with zero attached hydrogens (tertiary/aromatic N) is 1. The fraction of sp³-hybridized carbons (Fsp3) is 0.267. The Bertz CT molecular complexity index is 617. The molecule has 0 radical (unpaired) electrons. The Morgan fingerprint density at radius 3 is 3.00 bits per heavy atom. The van der Waals surface area contributed by atoms with Gasteiger partial charge in [0.25, 0.3) is 0 Å². The van der Waals surface area contributed by atoms with Gasteiger partial charge in [0, 0.05) is 28.8 Å². The molecule has 0 saturated heterocycles. The van der Waals surface area contributed by atoms with E-state index in [1.165, 1.54) is 12.8 Å². The van der Waals surface area contributed by atoms with Crippen molar-refractivity contribution in [3.63, 3.8) is 0 Å². The highest BCUT2D eigenvalue weighted by atomic mass is 79.9. The van der Waals surface area contributed by atoms with Crippen LogP contribution in [-0.4, -0.2) is 11.0 Å². The van der Waals surface area contributed by atoms with Crippen LogP contribution < -0.4 is 10.1 Å². The summed E-state index contributed by atoms with van der Waals surface area (Å²) in [7, 11) is 0. The zero-order chi connectivity index (χ0) is 13.9. The summed E-state index contributed by atoms with van der Waals surface area (Å²) in [4.78, 5) is 4.31. The van der Waals surface area contributed by atoms with Crippen LogP contribution in [0.1, 0.15) is 18.4 Å². The topological polar surface area (TPSA) is 34.1 Å². The standard InChI is InChI=1S/C15H14BrClN2O/c16-11-3-6-13(17)14(8-11)20-15-10(2-1-7-18-15)9-19-12-4-5-12/h1-3,6-8,12,19H,4-5,9H2. The average molecular weight is 354 g/mol. The minimum absolute atomic E-state index is 0.569. The number of hydrogen-bond acceptors (Lipinski definition) is 3. The zero-order valence-corrected chi connectivity index (χ0v) is 13.1. The van der Waals surface area contributed by atoms with Crippen molar-refractivity contribution in [2.24, 2.45) is 0 Å². The summed E-state index contributed by atoms with van der Waals surface area (Å²) >= 11 is 9.56. The van der Waals surface area contributed by atoms with Gasteiger partial charge in [-0.1, -0.05) is 33.6 Å². The van der Waals surface area contributed by atoms with Crippen LogP contribution in [0.4, 0.5) is 0 Å². The summed E-state index contributed by atoms with van der Waals surface area (Å²) in [6.45, 7) is 0.763. The van der Waals surface area contributed by atoms with E-state index in [9.17, 15) is 0 Å². The van der Waals surface area contributed by atoms with Crippen molar-refractivity contribution in [3.8, 4) is 11.6 Å². The molecule has 0 amide bonds. The van der Waals surface area contributed by atoms with Crippen LogP contribution in [0.25, 0.3) is 0 Å². The molecule has 3 nitrogen and oxygen atoms in total. The van der Waals surface area contributed by atoms with Gasteiger partial charge in [0.15, 0.2) is 0 Å². The SMILES string of the molecule is Clc1ccc(Br)cc1Oc1ncccc1CNC1CC1. The molecule has 2 aromatic rings. The van der Waals surface area contributed by atoms with E-state index in [-0.39, 0.29) is 0 Å². The molecule has 1 aromatic heterocycles. The van der Waals surface area contributed by atoms with Gasteiger partial charge < -0.3 is 10.1 Å². The van der Waals surface area contributed by atoms with Crippen LogP contribution in [0, 0.1) is 0 Å². The minimum Gasteiger partial charge on any atom is -0.437 e. The van der Waals surface area contributed by atoms with Crippen LogP contribution in [0.2, 0.25) is 5.02 Å². The number of hydrogen-bond donors (Lipinski definition) is 1. The first-order valence-electron chi connectivity index (χ1n) is 6.52. The predicted octanol–water partition coefficient (Wildman–Crippen LogP) is 4.54. The highest BCUT2D eigenvalue weighted by Crippen LogP contribution is 2.32. The van der Waals surface area contributed by atoms with Crippen molar-refractivity contribution in [3.05, 3.63) is 51.6 Å². The molecule has 0 aliphatic heterocycles. The highest BCUT2D eigenvalue weighted by molar-refractivity contribution is 9.10. The van der Waals surface area contributed by atoms with Crippen LogP contribution in [-0.2, 0) is 6.54 Å². The Balaban J connectivity index is 1.80. The summed E-state index contributed by atoms with van der Waals surface area (Å²) in [5, 5.41) is 4.03. The molecule has 1 aliphatic rings. The average Bonchev–Trinajstić information content (AvgIpc) is 3.26. The van der Waals surface area contributed by atoms with Crippen LogP contribution in [0.3, 0.4) is 0 Å². The zero-order valence-electron chi connectivity index (χ0n) is 10.8. The summed E-state index contributed by atoms with van der Waals surface area (Å²) < 4.78 is 6.78. The molecule has 1 saturated carbocycles. The van der Waals surface area contributed by atoms with Crippen molar-refractivity contribution in [2.45, 2.75) is 25.4 Å². The first kappa shape index (κ1) is 13.9. The fourth-order valence-corrected chi connectivity index (χ4v) is 2.35. The van der Waals surface area contributed by atoms with E-state index >= 15 is 0 Å². The maximum absolute atomic E-state index is 6.15. The second-order valence-corrected chi connectivity index (χ2v) is 6.12. The Morgan fingerprint density at radius 2 is 2.20 bits per heavy atom. The molecular formula is C15H14BrClN2O. The first-order chi connectivity index (χ1) is 9.72. The second-order valence-electron chi connectivity index (χ2n) is 4.80. The lowest BCUT2D eigenvalue weighted by atomic mass is 10.2. The molecule has 1 aromatic carbocycles. The van der Waals surface area contributed by atoms with Gasteiger partial charge in [0.1, 0.15) is 5.75 Å². The van der Waals surface area contributed by atoms with E-state index < -0.39 is 0 Å². The number of aromatic nitrogens is 1. The van der Waals surface area contributed by atoms with Crippen molar-refractivity contribution in [1.82, 2.24) is 10.3 Å². The van der Waals surface area contributed by atoms with E-state index in [1.807, 2.05) is 24.3 Å². The number of rotatable bonds is 5. The van der Waals surface area contributed by atoms with Gasteiger partial charge in [-0.25, -0.2) is 4.98 Å². The van der Waals surface area contributed by atoms with Crippen molar-refractivity contribution >= 4 is 27.5 Å². The van der Waals surface area contributed by atoms with Gasteiger partial charge in [0.05, 0.1) is 5.02 Å². The molecule has 104 valence electrons. The molecule has 0 bridgehead atoms. The molecule has 0 unspecified atom stereocenters. The van der Waals surface area contributed by atoms with Gasteiger partial charge in [-0.15, -0.1) is 0 Å². The molecule has 1 fully saturated rings. The Kier molecular flexibility index (Phi) is 4.24. The molecule has 0 atom stereocenters. The first-order valence-corrected chi connectivity index (χ1v) is 7.69. The number of pyridine rings is 1. The quantitative estimate of drug-likeness (QED) is 0.857. The molecule has 1 heterocycles. The maximum atomic E-state index is 6.15. The molecule has 3 rings (SSSR count). The summed E-state index contributed by atoms with van der Waals surface area (Å²) in [5.41, 5.74) is 1.04. The van der Waals surface area contributed by atoms with Crippen molar-refractivity contribution in [1.29, 1.82) is 0 Å². The third-order valence-corrected chi connectivity index (χ3v) is 3.91. The van der Waals surface area contributed by atoms with E-state index in [4.69, 9.17) is 16.3 Å². The van der Waals surface area contributed by atoms with Crippen molar-refractivity contribution < 1.29 is 4.74 Å². The molecular weight excluding hydrogens is 340 g/mol. The fourth-order valence-electron chi connectivity index (χ4n) is 1.85. The Hall–Kier alpha value is -1.10. The molecule has 0 spiro atoms. The minimum atomic E-state index is 0.569. The van der Waals surface area contributed by atoms with Gasteiger partial charge in [0.2, 0.25) is 5.88 Å². The summed E-state index contributed by atoms with van der Waals surface area (Å²) in [6, 6.07) is 10.1. The second kappa shape index (κ2) is 6.12. The third-order valence-electron chi connectivity index (χ3n) is 3.11. The van der Waals surface area contributed by atoms with E-state index in [0.29, 0.717) is 22.7 Å². The van der Waals surface area contributed by atoms with Crippen LogP contribution in [0.15, 0.2) is 41.0 Å². The largest absolute Gasteiger partial charge is 0.437 e. The highest BCUT2D eigenvalue weighted by Gasteiger charge is 2.21. The van der Waals surface area contributed by atoms with Gasteiger partial charge in [-0.3, -0.25) is 0 Å². The van der Waals surface area contributed by atoms with Gasteiger partial charge >= 0.3 is 0 Å². The summed E-state index contributed by atoms with van der Waals surface area (Å²) in [5.74, 6) is 1.20. The van der Waals surface area contributed by atoms with E-state index in [1.54, 1.807) is 12.3 Å². The molecule has 5 heteroatoms. The van der Waals surface area contributed by atoms with E-state index in [0.717, 1.165) is 16.6 Å². The van der Waals surface area contributed by atoms with Gasteiger partial charge in [-0.2, -0.15) is 0 Å². The predicted molar refractivity (Wildman–Crippen MR) is 83.3 cm³/mol. The van der Waals surface area contributed by atoms with Gasteiger partial charge in [-0.05, 0) is 37.1 Å². The number of nitrogens with one attached hydrogen (secondary N) is 1. The number of halogens is 2. The lowest BCUT2D eigenvalue weighted by Gasteiger charge is -2.11. The molecule has 1 N–H and O–H groups in total. The monoisotopic (exact) mass is 352 g/mol. The summed E-state index contributed by atoms with van der Waals surface area (Å²) in [6.07, 6.45) is 4.24. The van der Waals surface area contributed by atoms with Crippen molar-refractivity contribution in [2.75, 3.05) is 0 Å². The Morgan fingerprint density at radius 1 is 1.35 bits per heavy atom. The lowest BCUT2D eigenvalue weighted by molar-refractivity contribution is 0.452. The third kappa shape index (κ3) is 3.51. The normalized spacial score (nSPS) is 14.3. The Labute approximate surface area is 131 Å². The smallest absolute Gasteiger partial charge is 0.223 e. The maximum Gasteiger partial charge on any atom is 0.223 e.